The highest BCUT2D eigenvalue weighted by Gasteiger charge is 2.11. The molecule has 0 atom stereocenters. The van der Waals surface area contributed by atoms with Crippen LogP contribution in [0, 0.1) is 13.8 Å². The molecule has 5 heteroatoms. The van der Waals surface area contributed by atoms with E-state index in [1.165, 1.54) is 6.07 Å². The molecule has 0 saturated carbocycles. The van der Waals surface area contributed by atoms with Crippen molar-refractivity contribution >= 4 is 5.97 Å². The molecular weight excluding hydrogens is 220 g/mol. The van der Waals surface area contributed by atoms with Gasteiger partial charge < -0.3 is 10.2 Å². The molecule has 0 bridgehead atoms. The standard InChI is InChI=1S/C12H12N2O3/c1-6-3-8(4-11(15)7(6)2)9-5-10(12(16)17)14-13-9/h3-5,15H,1-2H3,(H,13,14)(H,16,17). The molecule has 2 rings (SSSR count). The van der Waals surface area contributed by atoms with Crippen LogP contribution in [0.15, 0.2) is 18.2 Å². The molecule has 1 aromatic heterocycles. The number of rotatable bonds is 2. The summed E-state index contributed by atoms with van der Waals surface area (Å²) in [6.45, 7) is 3.70. The van der Waals surface area contributed by atoms with Crippen LogP contribution in [0.3, 0.4) is 0 Å². The Labute approximate surface area is 97.7 Å². The Kier molecular flexibility index (Phi) is 2.59. The van der Waals surface area contributed by atoms with Gasteiger partial charge in [0.1, 0.15) is 11.4 Å². The number of carboxylic acids is 1. The molecule has 5 nitrogen and oxygen atoms in total. The van der Waals surface area contributed by atoms with Crippen molar-refractivity contribution in [3.8, 4) is 17.0 Å². The molecule has 2 aromatic rings. The first-order valence-corrected chi connectivity index (χ1v) is 5.08. The van der Waals surface area contributed by atoms with E-state index in [9.17, 15) is 9.90 Å². The number of aromatic carboxylic acids is 1. The van der Waals surface area contributed by atoms with Gasteiger partial charge in [0.25, 0.3) is 0 Å². The molecule has 0 spiro atoms. The number of hydrogen-bond acceptors (Lipinski definition) is 3. The van der Waals surface area contributed by atoms with E-state index >= 15 is 0 Å². The number of nitrogens with zero attached hydrogens (tertiary/aromatic N) is 1. The smallest absolute Gasteiger partial charge is 0.353 e. The minimum absolute atomic E-state index is 0.0257. The second-order valence-electron chi connectivity index (χ2n) is 3.91. The van der Waals surface area contributed by atoms with E-state index in [4.69, 9.17) is 5.11 Å². The van der Waals surface area contributed by atoms with E-state index < -0.39 is 5.97 Å². The molecule has 0 fully saturated rings. The fourth-order valence-electron chi connectivity index (χ4n) is 1.57. The molecule has 0 aliphatic heterocycles. The van der Waals surface area contributed by atoms with Gasteiger partial charge in [-0.3, -0.25) is 5.10 Å². The van der Waals surface area contributed by atoms with Crippen LogP contribution in [-0.2, 0) is 0 Å². The van der Waals surface area contributed by atoms with Gasteiger partial charge in [-0.25, -0.2) is 4.79 Å². The van der Waals surface area contributed by atoms with Crippen molar-refractivity contribution in [2.45, 2.75) is 13.8 Å². The van der Waals surface area contributed by atoms with E-state index in [0.29, 0.717) is 11.3 Å². The quantitative estimate of drug-likeness (QED) is 0.740. The van der Waals surface area contributed by atoms with E-state index in [2.05, 4.69) is 10.2 Å². The summed E-state index contributed by atoms with van der Waals surface area (Å²) in [5.74, 6) is -0.878. The van der Waals surface area contributed by atoms with Crippen molar-refractivity contribution in [1.29, 1.82) is 0 Å². The molecule has 17 heavy (non-hydrogen) atoms. The van der Waals surface area contributed by atoms with Gasteiger partial charge in [-0.15, -0.1) is 0 Å². The highest BCUT2D eigenvalue weighted by molar-refractivity contribution is 5.86. The number of benzene rings is 1. The normalized spacial score (nSPS) is 10.5. The zero-order valence-electron chi connectivity index (χ0n) is 9.48. The first-order chi connectivity index (χ1) is 7.99. The van der Waals surface area contributed by atoms with Gasteiger partial charge in [-0.1, -0.05) is 0 Å². The highest BCUT2D eigenvalue weighted by Crippen LogP contribution is 2.28. The van der Waals surface area contributed by atoms with Crippen LogP contribution in [-0.4, -0.2) is 26.4 Å². The summed E-state index contributed by atoms with van der Waals surface area (Å²) in [4.78, 5) is 10.7. The molecule has 1 heterocycles. The largest absolute Gasteiger partial charge is 0.508 e. The molecule has 0 unspecified atom stereocenters. The summed E-state index contributed by atoms with van der Waals surface area (Å²) in [6, 6.07) is 4.87. The number of aromatic hydroxyl groups is 1. The molecule has 0 radical (unpaired) electrons. The summed E-state index contributed by atoms with van der Waals surface area (Å²) < 4.78 is 0. The fraction of sp³-hybridized carbons (Fsp3) is 0.167. The SMILES string of the molecule is Cc1cc(-c2cc(C(=O)O)[nH]n2)cc(O)c1C. The predicted molar refractivity (Wildman–Crippen MR) is 62.1 cm³/mol. The van der Waals surface area contributed by atoms with E-state index in [0.717, 1.165) is 11.1 Å². The Morgan fingerprint density at radius 1 is 1.29 bits per heavy atom. The molecule has 0 aliphatic carbocycles. The van der Waals surface area contributed by atoms with Crippen LogP contribution < -0.4 is 0 Å². The molecule has 0 amide bonds. The number of aryl methyl sites for hydroxylation is 1. The zero-order chi connectivity index (χ0) is 12.6. The van der Waals surface area contributed by atoms with Gasteiger partial charge in [-0.2, -0.15) is 5.10 Å². The van der Waals surface area contributed by atoms with Crippen molar-refractivity contribution in [3.63, 3.8) is 0 Å². The summed E-state index contributed by atoms with van der Waals surface area (Å²) in [5.41, 5.74) is 2.95. The lowest BCUT2D eigenvalue weighted by molar-refractivity contribution is 0.0690. The summed E-state index contributed by atoms with van der Waals surface area (Å²) in [5, 5.41) is 24.8. The number of phenols is 1. The van der Waals surface area contributed by atoms with Crippen molar-refractivity contribution in [1.82, 2.24) is 10.2 Å². The van der Waals surface area contributed by atoms with Crippen molar-refractivity contribution in [2.24, 2.45) is 0 Å². The van der Waals surface area contributed by atoms with Crippen molar-refractivity contribution in [3.05, 3.63) is 35.0 Å². The van der Waals surface area contributed by atoms with Crippen LogP contribution >= 0.6 is 0 Å². The third kappa shape index (κ3) is 1.99. The van der Waals surface area contributed by atoms with Gasteiger partial charge in [-0.05, 0) is 43.2 Å². The molecule has 0 aliphatic rings. The number of aromatic amines is 1. The topological polar surface area (TPSA) is 86.2 Å². The lowest BCUT2D eigenvalue weighted by Crippen LogP contribution is -1.95. The molecular formula is C12H12N2O3. The highest BCUT2D eigenvalue weighted by atomic mass is 16.4. The van der Waals surface area contributed by atoms with Gasteiger partial charge in [0.2, 0.25) is 0 Å². The average molecular weight is 232 g/mol. The van der Waals surface area contributed by atoms with Crippen LogP contribution in [0.2, 0.25) is 0 Å². The maximum Gasteiger partial charge on any atom is 0.353 e. The first-order valence-electron chi connectivity index (χ1n) is 5.08. The lowest BCUT2D eigenvalue weighted by atomic mass is 10.0. The second kappa shape index (κ2) is 3.93. The maximum atomic E-state index is 10.7. The van der Waals surface area contributed by atoms with E-state index in [1.54, 1.807) is 6.07 Å². The number of carboxylic acid groups (broad SMARTS) is 1. The van der Waals surface area contributed by atoms with Crippen LogP contribution in [0.25, 0.3) is 11.3 Å². The third-order valence-electron chi connectivity index (χ3n) is 2.74. The third-order valence-corrected chi connectivity index (χ3v) is 2.74. The van der Waals surface area contributed by atoms with Gasteiger partial charge >= 0.3 is 5.97 Å². The minimum atomic E-state index is -1.06. The van der Waals surface area contributed by atoms with Crippen molar-refractivity contribution < 1.29 is 15.0 Å². The van der Waals surface area contributed by atoms with Crippen LogP contribution in [0.4, 0.5) is 0 Å². The Bertz CT molecular complexity index is 564. The summed E-state index contributed by atoms with van der Waals surface area (Å²) >= 11 is 0. The van der Waals surface area contributed by atoms with Crippen LogP contribution in [0.5, 0.6) is 5.75 Å². The predicted octanol–water partition coefficient (Wildman–Crippen LogP) is 2.10. The minimum Gasteiger partial charge on any atom is -0.508 e. The number of aromatic nitrogens is 2. The average Bonchev–Trinajstić information content (AvgIpc) is 2.74. The van der Waals surface area contributed by atoms with Gasteiger partial charge in [0, 0.05) is 5.56 Å². The first kappa shape index (κ1) is 11.2. The number of nitrogens with one attached hydrogen (secondary N) is 1. The van der Waals surface area contributed by atoms with Crippen LogP contribution in [0.1, 0.15) is 21.6 Å². The summed E-state index contributed by atoms with van der Waals surface area (Å²) in [6.07, 6.45) is 0. The molecule has 1 aromatic carbocycles. The number of hydrogen-bond donors (Lipinski definition) is 3. The monoisotopic (exact) mass is 232 g/mol. The maximum absolute atomic E-state index is 10.7. The van der Waals surface area contributed by atoms with Crippen molar-refractivity contribution in [2.75, 3.05) is 0 Å². The molecule has 88 valence electrons. The Hall–Kier alpha value is -2.30. The van der Waals surface area contributed by atoms with E-state index in [-0.39, 0.29) is 11.4 Å². The lowest BCUT2D eigenvalue weighted by Gasteiger charge is -2.05. The van der Waals surface area contributed by atoms with Gasteiger partial charge in [0.05, 0.1) is 5.69 Å². The van der Waals surface area contributed by atoms with E-state index in [1.807, 2.05) is 19.9 Å². The Morgan fingerprint density at radius 2 is 2.00 bits per heavy atom. The number of H-pyrrole nitrogens is 1. The van der Waals surface area contributed by atoms with Gasteiger partial charge in [0.15, 0.2) is 0 Å². The fourth-order valence-corrected chi connectivity index (χ4v) is 1.57. The Morgan fingerprint density at radius 3 is 2.53 bits per heavy atom. The Balaban J connectivity index is 2.49. The number of phenolic OH excluding ortho intramolecular Hbond substituents is 1. The molecule has 0 saturated heterocycles. The summed E-state index contributed by atoms with van der Waals surface area (Å²) in [7, 11) is 0. The zero-order valence-corrected chi connectivity index (χ0v) is 9.48. The second-order valence-corrected chi connectivity index (χ2v) is 3.91. The molecule has 3 N–H and O–H groups in total. The number of carbonyl (C=O) groups is 1.